The highest BCUT2D eigenvalue weighted by Crippen LogP contribution is 2.11. The van der Waals surface area contributed by atoms with E-state index in [0.717, 1.165) is 29.2 Å². The van der Waals surface area contributed by atoms with Crippen LogP contribution in [0.15, 0.2) is 84.0 Å². The molecule has 0 radical (unpaired) electrons. The SMILES string of the molecule is Cc1ccc(C(=NCCc2ccccn2)Nc2ccccc2)cc1. The molecular weight excluding hydrogens is 294 g/mol. The molecule has 0 saturated carbocycles. The Labute approximate surface area is 143 Å². The summed E-state index contributed by atoms with van der Waals surface area (Å²) in [5.41, 5.74) is 4.43. The molecule has 1 aromatic heterocycles. The molecule has 120 valence electrons. The molecule has 0 aliphatic rings. The zero-order valence-corrected chi connectivity index (χ0v) is 13.8. The van der Waals surface area contributed by atoms with Gasteiger partial charge in [0.05, 0.1) is 0 Å². The molecule has 3 heteroatoms. The Morgan fingerprint density at radius 2 is 1.67 bits per heavy atom. The predicted octanol–water partition coefficient (Wildman–Crippen LogP) is 4.49. The Balaban J connectivity index is 1.78. The van der Waals surface area contributed by atoms with Crippen molar-refractivity contribution in [3.63, 3.8) is 0 Å². The molecule has 24 heavy (non-hydrogen) atoms. The Morgan fingerprint density at radius 1 is 0.917 bits per heavy atom. The average Bonchev–Trinajstić information content (AvgIpc) is 2.63. The topological polar surface area (TPSA) is 37.3 Å². The number of aromatic nitrogens is 1. The highest BCUT2D eigenvalue weighted by molar-refractivity contribution is 6.08. The van der Waals surface area contributed by atoms with Crippen LogP contribution in [0.3, 0.4) is 0 Å². The van der Waals surface area contributed by atoms with Gasteiger partial charge in [-0.15, -0.1) is 0 Å². The summed E-state index contributed by atoms with van der Waals surface area (Å²) in [6.07, 6.45) is 2.65. The standard InChI is InChI=1S/C21H21N3/c1-17-10-12-18(13-11-17)21(24-20-8-3-2-4-9-20)23-16-14-19-7-5-6-15-22-19/h2-13,15H,14,16H2,1H3,(H,23,24). The van der Waals surface area contributed by atoms with Gasteiger partial charge >= 0.3 is 0 Å². The van der Waals surface area contributed by atoms with Gasteiger partial charge in [0.1, 0.15) is 5.84 Å². The Hall–Kier alpha value is -2.94. The second kappa shape index (κ2) is 8.06. The second-order valence-corrected chi connectivity index (χ2v) is 5.66. The summed E-state index contributed by atoms with van der Waals surface area (Å²) in [6.45, 7) is 2.78. The number of pyridine rings is 1. The van der Waals surface area contributed by atoms with E-state index in [1.807, 2.05) is 54.7 Å². The van der Waals surface area contributed by atoms with E-state index in [2.05, 4.69) is 41.5 Å². The molecule has 2 aromatic carbocycles. The highest BCUT2D eigenvalue weighted by Gasteiger charge is 2.04. The number of hydrogen-bond donors (Lipinski definition) is 1. The largest absolute Gasteiger partial charge is 0.340 e. The lowest BCUT2D eigenvalue weighted by atomic mass is 10.1. The summed E-state index contributed by atoms with van der Waals surface area (Å²) in [7, 11) is 0. The van der Waals surface area contributed by atoms with Crippen molar-refractivity contribution in [2.45, 2.75) is 13.3 Å². The molecule has 0 atom stereocenters. The summed E-state index contributed by atoms with van der Waals surface area (Å²) in [6, 6.07) is 24.5. The fourth-order valence-electron chi connectivity index (χ4n) is 2.40. The van der Waals surface area contributed by atoms with Crippen LogP contribution in [-0.2, 0) is 6.42 Å². The third-order valence-corrected chi connectivity index (χ3v) is 3.73. The van der Waals surface area contributed by atoms with Crippen LogP contribution in [0.25, 0.3) is 0 Å². The quantitative estimate of drug-likeness (QED) is 0.556. The van der Waals surface area contributed by atoms with Gasteiger partial charge in [0.2, 0.25) is 0 Å². The lowest BCUT2D eigenvalue weighted by molar-refractivity contribution is 0.923. The molecule has 1 heterocycles. The number of aryl methyl sites for hydroxylation is 1. The number of nitrogens with one attached hydrogen (secondary N) is 1. The van der Waals surface area contributed by atoms with Gasteiger partial charge in [-0.25, -0.2) is 0 Å². The molecule has 0 aliphatic carbocycles. The summed E-state index contributed by atoms with van der Waals surface area (Å²) in [4.78, 5) is 9.13. The van der Waals surface area contributed by atoms with Crippen LogP contribution in [-0.4, -0.2) is 17.4 Å². The van der Waals surface area contributed by atoms with Crippen LogP contribution in [0.5, 0.6) is 0 Å². The van der Waals surface area contributed by atoms with Crippen molar-refractivity contribution in [1.82, 2.24) is 4.98 Å². The first kappa shape index (κ1) is 15.9. The monoisotopic (exact) mass is 315 g/mol. The van der Waals surface area contributed by atoms with Crippen molar-refractivity contribution in [2.75, 3.05) is 11.9 Å². The molecule has 3 aromatic rings. The van der Waals surface area contributed by atoms with E-state index in [4.69, 9.17) is 4.99 Å². The van der Waals surface area contributed by atoms with Gasteiger partial charge in [-0.1, -0.05) is 54.1 Å². The Bertz CT molecular complexity index is 778. The van der Waals surface area contributed by atoms with Crippen LogP contribution in [0.4, 0.5) is 5.69 Å². The van der Waals surface area contributed by atoms with Crippen LogP contribution in [0, 0.1) is 6.92 Å². The van der Waals surface area contributed by atoms with Crippen LogP contribution < -0.4 is 5.32 Å². The number of rotatable bonds is 5. The Morgan fingerprint density at radius 3 is 2.38 bits per heavy atom. The lowest BCUT2D eigenvalue weighted by Gasteiger charge is -2.11. The van der Waals surface area contributed by atoms with Gasteiger partial charge in [-0.3, -0.25) is 9.98 Å². The van der Waals surface area contributed by atoms with E-state index in [0.29, 0.717) is 6.54 Å². The molecule has 0 saturated heterocycles. The third kappa shape index (κ3) is 4.53. The minimum absolute atomic E-state index is 0.695. The van der Waals surface area contributed by atoms with Crippen molar-refractivity contribution in [1.29, 1.82) is 0 Å². The van der Waals surface area contributed by atoms with E-state index in [1.165, 1.54) is 5.56 Å². The molecule has 0 bridgehead atoms. The molecule has 3 rings (SSSR count). The molecule has 0 spiro atoms. The maximum atomic E-state index is 4.78. The number of aliphatic imine (C=N–C) groups is 1. The van der Waals surface area contributed by atoms with E-state index in [1.54, 1.807) is 0 Å². The molecule has 0 unspecified atom stereocenters. The lowest BCUT2D eigenvalue weighted by Crippen LogP contribution is -2.15. The molecule has 3 nitrogen and oxygen atoms in total. The van der Waals surface area contributed by atoms with E-state index in [-0.39, 0.29) is 0 Å². The van der Waals surface area contributed by atoms with Crippen molar-refractivity contribution in [3.05, 3.63) is 95.8 Å². The first-order chi connectivity index (χ1) is 11.8. The van der Waals surface area contributed by atoms with E-state index in [9.17, 15) is 0 Å². The third-order valence-electron chi connectivity index (χ3n) is 3.73. The maximum absolute atomic E-state index is 4.78. The van der Waals surface area contributed by atoms with Crippen molar-refractivity contribution < 1.29 is 0 Å². The molecule has 0 aliphatic heterocycles. The van der Waals surface area contributed by atoms with Crippen LogP contribution >= 0.6 is 0 Å². The number of benzene rings is 2. The van der Waals surface area contributed by atoms with E-state index < -0.39 is 0 Å². The number of hydrogen-bond acceptors (Lipinski definition) is 2. The smallest absolute Gasteiger partial charge is 0.132 e. The van der Waals surface area contributed by atoms with Crippen molar-refractivity contribution in [3.8, 4) is 0 Å². The van der Waals surface area contributed by atoms with Crippen molar-refractivity contribution in [2.24, 2.45) is 4.99 Å². The molecular formula is C21H21N3. The molecule has 0 amide bonds. The molecule has 0 fully saturated rings. The number of anilines is 1. The Kier molecular flexibility index (Phi) is 5.36. The average molecular weight is 315 g/mol. The van der Waals surface area contributed by atoms with Gasteiger partial charge in [0.15, 0.2) is 0 Å². The van der Waals surface area contributed by atoms with Gasteiger partial charge < -0.3 is 5.32 Å². The van der Waals surface area contributed by atoms with Crippen LogP contribution in [0.1, 0.15) is 16.8 Å². The van der Waals surface area contributed by atoms with Gasteiger partial charge in [-0.2, -0.15) is 0 Å². The van der Waals surface area contributed by atoms with Gasteiger partial charge in [0, 0.05) is 36.1 Å². The number of amidine groups is 1. The fourth-order valence-corrected chi connectivity index (χ4v) is 2.40. The minimum Gasteiger partial charge on any atom is -0.340 e. The first-order valence-electron chi connectivity index (χ1n) is 8.15. The predicted molar refractivity (Wildman–Crippen MR) is 101 cm³/mol. The number of nitrogens with zero attached hydrogens (tertiary/aromatic N) is 2. The maximum Gasteiger partial charge on any atom is 0.132 e. The summed E-state index contributed by atoms with van der Waals surface area (Å²) < 4.78 is 0. The van der Waals surface area contributed by atoms with Crippen molar-refractivity contribution >= 4 is 11.5 Å². The zero-order valence-electron chi connectivity index (χ0n) is 13.8. The number of para-hydroxylation sites is 1. The minimum atomic E-state index is 0.695. The normalized spacial score (nSPS) is 11.3. The first-order valence-corrected chi connectivity index (χ1v) is 8.15. The summed E-state index contributed by atoms with van der Waals surface area (Å²) >= 11 is 0. The zero-order chi connectivity index (χ0) is 16.6. The van der Waals surface area contributed by atoms with Crippen LogP contribution in [0.2, 0.25) is 0 Å². The summed E-state index contributed by atoms with van der Waals surface area (Å²) in [5, 5.41) is 3.43. The fraction of sp³-hybridized carbons (Fsp3) is 0.143. The van der Waals surface area contributed by atoms with E-state index >= 15 is 0 Å². The highest BCUT2D eigenvalue weighted by atomic mass is 15.0. The van der Waals surface area contributed by atoms with Gasteiger partial charge in [0.25, 0.3) is 0 Å². The molecule has 1 N–H and O–H groups in total. The second-order valence-electron chi connectivity index (χ2n) is 5.66. The van der Waals surface area contributed by atoms with Gasteiger partial charge in [-0.05, 0) is 31.2 Å². The summed E-state index contributed by atoms with van der Waals surface area (Å²) in [5.74, 6) is 0.886.